The zero-order valence-electron chi connectivity index (χ0n) is 28.5. The van der Waals surface area contributed by atoms with Crippen LogP contribution in [-0.2, 0) is 9.47 Å². The Morgan fingerprint density at radius 1 is 0.604 bits per heavy atom. The van der Waals surface area contributed by atoms with E-state index in [9.17, 15) is 9.59 Å². The van der Waals surface area contributed by atoms with E-state index < -0.39 is 23.4 Å². The first-order valence-electron chi connectivity index (χ1n) is 16.4. The van der Waals surface area contributed by atoms with Crippen LogP contribution >= 0.6 is 0 Å². The van der Waals surface area contributed by atoms with E-state index in [1.165, 1.54) is 0 Å². The van der Waals surface area contributed by atoms with Gasteiger partial charge in [-0.2, -0.15) is 0 Å². The van der Waals surface area contributed by atoms with Gasteiger partial charge in [-0.15, -0.1) is 10.2 Å². The SMILES string of the molecule is CC(C)(C)OC(=O)NN1CCN(C(C(N2CCN(NC(=O)OC(C)(C)C)CC2)n2nnc3ccccc32)n2nnc3ccccc32)CC1. The number of benzene rings is 2. The molecule has 2 aromatic heterocycles. The van der Waals surface area contributed by atoms with E-state index in [-0.39, 0.29) is 12.3 Å². The van der Waals surface area contributed by atoms with Crippen molar-refractivity contribution in [2.75, 3.05) is 52.4 Å². The van der Waals surface area contributed by atoms with Gasteiger partial charge in [-0.3, -0.25) is 20.7 Å². The van der Waals surface area contributed by atoms with Crippen LogP contribution in [0.2, 0.25) is 0 Å². The summed E-state index contributed by atoms with van der Waals surface area (Å²) in [5, 5.41) is 22.3. The largest absolute Gasteiger partial charge is 0.443 e. The normalized spacial score (nSPS) is 18.9. The van der Waals surface area contributed by atoms with Gasteiger partial charge in [-0.05, 0) is 65.8 Å². The third-order valence-electron chi connectivity index (χ3n) is 8.20. The van der Waals surface area contributed by atoms with Gasteiger partial charge >= 0.3 is 12.2 Å². The predicted molar refractivity (Wildman–Crippen MR) is 178 cm³/mol. The smallest absolute Gasteiger partial charge is 0.422 e. The van der Waals surface area contributed by atoms with Crippen LogP contribution in [0, 0.1) is 0 Å². The number of rotatable bonds is 7. The van der Waals surface area contributed by atoms with E-state index in [2.05, 4.69) is 30.8 Å². The highest BCUT2D eigenvalue weighted by Crippen LogP contribution is 2.35. The highest BCUT2D eigenvalue weighted by Gasteiger charge is 2.41. The summed E-state index contributed by atoms with van der Waals surface area (Å²) in [5.41, 5.74) is 8.00. The lowest BCUT2D eigenvalue weighted by atomic mass is 10.2. The van der Waals surface area contributed by atoms with Crippen LogP contribution in [0.3, 0.4) is 0 Å². The van der Waals surface area contributed by atoms with Gasteiger partial charge < -0.3 is 9.47 Å². The molecule has 16 heteroatoms. The minimum atomic E-state index is -0.592. The number of fused-ring (bicyclic) bond motifs is 2. The van der Waals surface area contributed by atoms with Crippen LogP contribution in [0.5, 0.6) is 0 Å². The second kappa shape index (κ2) is 13.6. The average Bonchev–Trinajstić information content (AvgIpc) is 3.64. The van der Waals surface area contributed by atoms with E-state index >= 15 is 0 Å². The van der Waals surface area contributed by atoms with E-state index in [0.717, 1.165) is 22.1 Å². The molecule has 2 saturated heterocycles. The summed E-state index contributed by atoms with van der Waals surface area (Å²) in [5.74, 6) is 0. The molecule has 0 spiro atoms. The number of para-hydroxylation sites is 2. The van der Waals surface area contributed by atoms with E-state index in [4.69, 9.17) is 19.9 Å². The number of piperazine rings is 2. The number of ether oxygens (including phenoxy) is 2. The van der Waals surface area contributed by atoms with Crippen LogP contribution < -0.4 is 10.9 Å². The van der Waals surface area contributed by atoms with Crippen molar-refractivity contribution in [3.8, 4) is 0 Å². The molecule has 2 amide bonds. The molecule has 2 N–H and O–H groups in total. The van der Waals surface area contributed by atoms with E-state index in [1.807, 2.05) is 109 Å². The maximum absolute atomic E-state index is 12.6. The summed E-state index contributed by atoms with van der Waals surface area (Å²) in [4.78, 5) is 29.8. The van der Waals surface area contributed by atoms with Crippen molar-refractivity contribution < 1.29 is 19.1 Å². The number of hydrogen-bond donors (Lipinski definition) is 2. The topological polar surface area (TPSA) is 151 Å². The minimum absolute atomic E-state index is 0.350. The predicted octanol–water partition coefficient (Wildman–Crippen LogP) is 2.99. The quantitative estimate of drug-likeness (QED) is 0.299. The van der Waals surface area contributed by atoms with Crippen LogP contribution in [0.1, 0.15) is 53.9 Å². The van der Waals surface area contributed by atoms with Gasteiger partial charge in [0.25, 0.3) is 0 Å². The zero-order valence-corrected chi connectivity index (χ0v) is 28.5. The van der Waals surface area contributed by atoms with Crippen molar-refractivity contribution in [1.29, 1.82) is 0 Å². The maximum atomic E-state index is 12.6. The van der Waals surface area contributed by atoms with E-state index in [1.54, 1.807) is 0 Å². The standard InChI is InChI=1S/C32H46N12O4/c1-31(2,3)47-29(45)35-41-19-15-39(16-20-41)27(43-25-13-9-7-11-23(25)33-37-43)28(44-26-14-10-8-12-24(26)34-38-44)40-17-21-42(22-18-40)36-30(46)48-32(4,5)6/h7-14,27-28H,15-22H2,1-6H3,(H,35,45)(H,36,46). The van der Waals surface area contributed by atoms with Crippen molar-refractivity contribution in [2.24, 2.45) is 0 Å². The Labute approximate surface area is 279 Å². The molecule has 4 heterocycles. The molecule has 2 unspecified atom stereocenters. The Morgan fingerprint density at radius 3 is 1.31 bits per heavy atom. The molecular formula is C32H46N12O4. The van der Waals surface area contributed by atoms with Gasteiger partial charge in [0.15, 0.2) is 0 Å². The Hall–Kier alpha value is -4.38. The fraction of sp³-hybridized carbons (Fsp3) is 0.562. The second-order valence-electron chi connectivity index (χ2n) is 14.1. The molecule has 0 aliphatic carbocycles. The van der Waals surface area contributed by atoms with Crippen LogP contribution in [0.15, 0.2) is 48.5 Å². The van der Waals surface area contributed by atoms with Gasteiger partial charge in [0, 0.05) is 52.4 Å². The molecule has 16 nitrogen and oxygen atoms in total. The molecule has 4 aromatic rings. The molecule has 2 aliphatic heterocycles. The molecule has 0 saturated carbocycles. The lowest BCUT2D eigenvalue weighted by Gasteiger charge is -2.46. The summed E-state index contributed by atoms with van der Waals surface area (Å²) in [6.07, 6.45) is -1.65. The van der Waals surface area contributed by atoms with E-state index in [0.29, 0.717) is 52.4 Å². The molecule has 6 rings (SSSR count). The van der Waals surface area contributed by atoms with Crippen molar-refractivity contribution in [3.05, 3.63) is 48.5 Å². The monoisotopic (exact) mass is 662 g/mol. The van der Waals surface area contributed by atoms with Crippen molar-refractivity contribution in [2.45, 2.75) is 65.1 Å². The number of hydrogen-bond acceptors (Lipinski definition) is 12. The summed E-state index contributed by atoms with van der Waals surface area (Å²) >= 11 is 0. The highest BCUT2D eigenvalue weighted by molar-refractivity contribution is 5.75. The molecule has 2 atom stereocenters. The molecule has 258 valence electrons. The van der Waals surface area contributed by atoms with Gasteiger partial charge in [0.05, 0.1) is 11.0 Å². The number of hydrazine groups is 2. The summed E-state index contributed by atoms with van der Waals surface area (Å²) in [7, 11) is 0. The third-order valence-corrected chi connectivity index (χ3v) is 8.20. The number of carbonyl (C=O) groups is 2. The fourth-order valence-electron chi connectivity index (χ4n) is 6.16. The van der Waals surface area contributed by atoms with Crippen molar-refractivity contribution in [3.63, 3.8) is 0 Å². The van der Waals surface area contributed by atoms with Gasteiger partial charge in [0.1, 0.15) is 34.6 Å². The first-order chi connectivity index (χ1) is 22.8. The Balaban J connectivity index is 1.31. The lowest BCUT2D eigenvalue weighted by molar-refractivity contribution is -0.0609. The molecule has 2 aromatic carbocycles. The zero-order chi connectivity index (χ0) is 34.1. The first kappa shape index (κ1) is 33.5. The van der Waals surface area contributed by atoms with Crippen LogP contribution in [0.4, 0.5) is 9.59 Å². The Kier molecular flexibility index (Phi) is 9.51. The highest BCUT2D eigenvalue weighted by atomic mass is 16.6. The summed E-state index contributed by atoms with van der Waals surface area (Å²) in [6.45, 7) is 15.8. The lowest BCUT2D eigenvalue weighted by Crippen LogP contribution is -2.60. The maximum Gasteiger partial charge on any atom is 0.422 e. The molecule has 2 aliphatic rings. The average molecular weight is 663 g/mol. The molecule has 48 heavy (non-hydrogen) atoms. The van der Waals surface area contributed by atoms with Crippen LogP contribution in [0.25, 0.3) is 22.1 Å². The van der Waals surface area contributed by atoms with Gasteiger partial charge in [0.2, 0.25) is 0 Å². The second-order valence-corrected chi connectivity index (χ2v) is 14.1. The Bertz CT molecular complexity index is 1580. The van der Waals surface area contributed by atoms with Crippen molar-refractivity contribution in [1.82, 2.24) is 60.7 Å². The van der Waals surface area contributed by atoms with Gasteiger partial charge in [-0.1, -0.05) is 34.7 Å². The number of aromatic nitrogens is 6. The van der Waals surface area contributed by atoms with Crippen LogP contribution in [-0.4, -0.2) is 126 Å². The minimum Gasteiger partial charge on any atom is -0.443 e. The number of nitrogens with zero attached hydrogens (tertiary/aromatic N) is 10. The molecule has 2 fully saturated rings. The van der Waals surface area contributed by atoms with Gasteiger partial charge in [-0.25, -0.2) is 29.0 Å². The van der Waals surface area contributed by atoms with Crippen molar-refractivity contribution >= 4 is 34.3 Å². The fourth-order valence-corrected chi connectivity index (χ4v) is 6.16. The third kappa shape index (κ3) is 7.84. The molecule has 0 bridgehead atoms. The molecular weight excluding hydrogens is 616 g/mol. The summed E-state index contributed by atoms with van der Waals surface area (Å²) in [6, 6.07) is 15.9. The first-order valence-corrected chi connectivity index (χ1v) is 16.4. The number of amides is 2. The summed E-state index contributed by atoms with van der Waals surface area (Å²) < 4.78 is 15.0. The number of carbonyl (C=O) groups excluding carboxylic acids is 2. The number of nitrogens with one attached hydrogen (secondary N) is 2. The Morgan fingerprint density at radius 2 is 0.958 bits per heavy atom. The molecule has 0 radical (unpaired) electrons.